The monoisotopic (exact) mass is 654 g/mol. The molecular formula is C40H76ClNO3. The number of rotatable bonds is 36. The summed E-state index contributed by atoms with van der Waals surface area (Å²) in [7, 11) is 0. The van der Waals surface area contributed by atoms with E-state index < -0.39 is 5.92 Å². The van der Waals surface area contributed by atoms with Crippen molar-refractivity contribution in [3.05, 3.63) is 24.3 Å². The molecule has 0 atom stereocenters. The Hall–Kier alpha value is -0.970. The maximum Gasteiger partial charge on any atom is 0.149 e. The molecule has 0 rings (SSSR count). The smallest absolute Gasteiger partial charge is 0.149 e. The molecule has 266 valence electrons. The summed E-state index contributed by atoms with van der Waals surface area (Å²) >= 11 is 0. The molecule has 0 aromatic heterocycles. The van der Waals surface area contributed by atoms with Gasteiger partial charge in [0, 0.05) is 12.8 Å². The van der Waals surface area contributed by atoms with Crippen molar-refractivity contribution in [3.8, 4) is 0 Å². The zero-order chi connectivity index (χ0) is 32.2. The zero-order valence-corrected chi connectivity index (χ0v) is 30.8. The van der Waals surface area contributed by atoms with Gasteiger partial charge >= 0.3 is 0 Å². The van der Waals surface area contributed by atoms with Crippen LogP contribution in [0.3, 0.4) is 0 Å². The van der Waals surface area contributed by atoms with Crippen molar-refractivity contribution >= 4 is 11.6 Å². The van der Waals surface area contributed by atoms with Gasteiger partial charge in [-0.1, -0.05) is 141 Å². The van der Waals surface area contributed by atoms with E-state index in [4.69, 9.17) is 5.11 Å². The number of Topliss-reactive ketones (excluding diaryl/α,β-unsaturated/α-hetero) is 2. The molecule has 0 aromatic carbocycles. The highest BCUT2D eigenvalue weighted by atomic mass is 35.5. The minimum atomic E-state index is -0.491. The molecule has 0 aliphatic rings. The molecule has 0 fully saturated rings. The van der Waals surface area contributed by atoms with E-state index in [1.54, 1.807) is 0 Å². The molecule has 0 amide bonds. The Bertz CT molecular complexity index is 626. The van der Waals surface area contributed by atoms with E-state index in [-0.39, 0.29) is 30.6 Å². The predicted octanol–water partition coefficient (Wildman–Crippen LogP) is 7.38. The van der Waals surface area contributed by atoms with Crippen LogP contribution < -0.4 is 17.7 Å². The number of halogens is 1. The van der Waals surface area contributed by atoms with E-state index in [1.165, 1.54) is 141 Å². The fourth-order valence-corrected chi connectivity index (χ4v) is 5.91. The Labute approximate surface area is 286 Å². The molecule has 5 heteroatoms. The van der Waals surface area contributed by atoms with Gasteiger partial charge in [-0.15, -0.1) is 0 Å². The zero-order valence-electron chi connectivity index (χ0n) is 30.0. The number of hydrogen-bond donors (Lipinski definition) is 2. The first kappa shape index (κ1) is 46.2. The van der Waals surface area contributed by atoms with Gasteiger partial charge in [-0.3, -0.25) is 9.59 Å². The molecule has 0 aliphatic heterocycles. The largest absolute Gasteiger partial charge is 1.00 e. The SMILES string of the molecule is CCCCCCCC/C=C\CCCCCCCC(=O)C(C[NH2+]CCO)C(=O)CCCCCCC/C=C\CCCCCCCC.[Cl-]. The van der Waals surface area contributed by atoms with Crippen LogP contribution in [0.25, 0.3) is 0 Å². The Morgan fingerprint density at radius 2 is 0.822 bits per heavy atom. The van der Waals surface area contributed by atoms with Gasteiger partial charge in [0.2, 0.25) is 0 Å². The minimum Gasteiger partial charge on any atom is -1.00 e. The molecule has 3 N–H and O–H groups in total. The average molecular weight is 655 g/mol. The number of aliphatic hydroxyl groups is 1. The molecule has 0 saturated carbocycles. The van der Waals surface area contributed by atoms with Crippen LogP contribution in [-0.4, -0.2) is 36.4 Å². The maximum absolute atomic E-state index is 13.0. The molecule has 0 spiro atoms. The lowest BCUT2D eigenvalue weighted by Gasteiger charge is -2.14. The van der Waals surface area contributed by atoms with E-state index in [2.05, 4.69) is 38.2 Å². The van der Waals surface area contributed by atoms with Gasteiger partial charge in [-0.05, 0) is 64.2 Å². The Kier molecular flexibility index (Phi) is 40.2. The summed E-state index contributed by atoms with van der Waals surface area (Å²) < 4.78 is 0. The van der Waals surface area contributed by atoms with E-state index in [0.717, 1.165) is 25.7 Å². The van der Waals surface area contributed by atoms with Crippen molar-refractivity contribution in [1.29, 1.82) is 0 Å². The van der Waals surface area contributed by atoms with Crippen molar-refractivity contribution < 1.29 is 32.4 Å². The second-order valence-electron chi connectivity index (χ2n) is 13.2. The molecule has 0 bridgehead atoms. The van der Waals surface area contributed by atoms with Crippen LogP contribution in [0.2, 0.25) is 0 Å². The summed E-state index contributed by atoms with van der Waals surface area (Å²) in [6.45, 7) is 5.66. The molecule has 0 heterocycles. The topological polar surface area (TPSA) is 71.0 Å². The summed E-state index contributed by atoms with van der Waals surface area (Å²) in [5, 5.41) is 11.1. The first-order valence-electron chi connectivity index (χ1n) is 19.4. The second-order valence-corrected chi connectivity index (χ2v) is 13.2. The first-order valence-corrected chi connectivity index (χ1v) is 19.4. The number of quaternary nitrogens is 1. The van der Waals surface area contributed by atoms with Gasteiger partial charge in [-0.25, -0.2) is 0 Å². The Balaban J connectivity index is 0. The lowest BCUT2D eigenvalue weighted by Crippen LogP contribution is -3.00. The quantitative estimate of drug-likeness (QED) is 0.0421. The Morgan fingerprint density at radius 3 is 1.16 bits per heavy atom. The Morgan fingerprint density at radius 1 is 0.511 bits per heavy atom. The van der Waals surface area contributed by atoms with E-state index in [9.17, 15) is 9.59 Å². The first-order chi connectivity index (χ1) is 21.7. The number of aliphatic hydroxyl groups excluding tert-OH is 1. The summed E-state index contributed by atoms with van der Waals surface area (Å²) in [6.07, 6.45) is 42.8. The molecular weight excluding hydrogens is 578 g/mol. The molecule has 0 saturated heterocycles. The number of allylic oxidation sites excluding steroid dienone is 4. The summed E-state index contributed by atoms with van der Waals surface area (Å²) in [5.74, 6) is -0.251. The van der Waals surface area contributed by atoms with Crippen LogP contribution in [0.1, 0.15) is 194 Å². The number of nitrogens with two attached hydrogens (primary N) is 1. The number of hydrogen-bond acceptors (Lipinski definition) is 3. The van der Waals surface area contributed by atoms with Gasteiger partial charge in [0.25, 0.3) is 0 Å². The van der Waals surface area contributed by atoms with Crippen molar-refractivity contribution in [2.24, 2.45) is 5.92 Å². The number of carbonyl (C=O) groups is 2. The van der Waals surface area contributed by atoms with Gasteiger partial charge in [0.05, 0.1) is 19.7 Å². The van der Waals surface area contributed by atoms with E-state index in [1.807, 2.05) is 5.32 Å². The molecule has 0 aliphatic carbocycles. The summed E-state index contributed by atoms with van der Waals surface area (Å²) in [6, 6.07) is 0. The van der Waals surface area contributed by atoms with Crippen LogP contribution in [-0.2, 0) is 9.59 Å². The predicted molar refractivity (Wildman–Crippen MR) is 191 cm³/mol. The van der Waals surface area contributed by atoms with Crippen molar-refractivity contribution in [2.75, 3.05) is 19.7 Å². The highest BCUT2D eigenvalue weighted by Gasteiger charge is 2.26. The molecule has 0 aromatic rings. The fraction of sp³-hybridized carbons (Fsp3) is 0.850. The standard InChI is InChI=1S/C40H75NO3.ClH/c1-3-5-7-9-11-13-15-17-19-21-23-25-27-29-31-33-39(43)38(37-41-35-36-42)40(44)34-32-30-28-26-24-22-20-18-16-14-12-10-8-6-4-2;/h17-20,38,41-42H,3-16,21-37H2,1-2H3;1H/b19-17-,20-18-;. The summed E-state index contributed by atoms with van der Waals surface area (Å²) in [4.78, 5) is 25.9. The number of unbranched alkanes of at least 4 members (excludes halogenated alkanes) is 22. The normalized spacial score (nSPS) is 11.6. The molecule has 0 unspecified atom stereocenters. The maximum atomic E-state index is 13.0. The van der Waals surface area contributed by atoms with Gasteiger partial charge in [0.1, 0.15) is 17.5 Å². The average Bonchev–Trinajstić information content (AvgIpc) is 3.02. The van der Waals surface area contributed by atoms with E-state index in [0.29, 0.717) is 25.9 Å². The lowest BCUT2D eigenvalue weighted by atomic mass is 9.91. The lowest BCUT2D eigenvalue weighted by molar-refractivity contribution is -0.658. The van der Waals surface area contributed by atoms with Crippen LogP contribution in [0.5, 0.6) is 0 Å². The molecule has 45 heavy (non-hydrogen) atoms. The third kappa shape index (κ3) is 34.2. The number of carbonyl (C=O) groups excluding carboxylic acids is 2. The van der Waals surface area contributed by atoms with Crippen molar-refractivity contribution in [3.63, 3.8) is 0 Å². The molecule has 4 nitrogen and oxygen atoms in total. The van der Waals surface area contributed by atoms with Crippen LogP contribution in [0.15, 0.2) is 24.3 Å². The summed E-state index contributed by atoms with van der Waals surface area (Å²) in [5.41, 5.74) is 0. The third-order valence-electron chi connectivity index (χ3n) is 8.88. The van der Waals surface area contributed by atoms with Crippen LogP contribution in [0.4, 0.5) is 0 Å². The molecule has 0 radical (unpaired) electrons. The van der Waals surface area contributed by atoms with Crippen LogP contribution >= 0.6 is 0 Å². The fourth-order valence-electron chi connectivity index (χ4n) is 5.91. The van der Waals surface area contributed by atoms with Gasteiger partial charge in [0.15, 0.2) is 0 Å². The van der Waals surface area contributed by atoms with Crippen molar-refractivity contribution in [2.45, 2.75) is 194 Å². The van der Waals surface area contributed by atoms with Crippen LogP contribution in [0, 0.1) is 5.92 Å². The highest BCUT2D eigenvalue weighted by molar-refractivity contribution is 6.02. The van der Waals surface area contributed by atoms with Crippen molar-refractivity contribution in [1.82, 2.24) is 0 Å². The third-order valence-corrected chi connectivity index (χ3v) is 8.88. The highest BCUT2D eigenvalue weighted by Crippen LogP contribution is 2.15. The second kappa shape index (κ2) is 39.2. The minimum absolute atomic E-state index is 0. The van der Waals surface area contributed by atoms with Gasteiger partial charge in [-0.2, -0.15) is 0 Å². The van der Waals surface area contributed by atoms with E-state index >= 15 is 0 Å². The number of ketones is 2. The van der Waals surface area contributed by atoms with Gasteiger partial charge < -0.3 is 22.8 Å².